The second-order valence-electron chi connectivity index (χ2n) is 14.7. The molecule has 0 spiro atoms. The van der Waals surface area contributed by atoms with Crippen molar-refractivity contribution in [2.24, 2.45) is 11.5 Å². The number of carbonyl (C=O) groups is 5. The maximum absolute atomic E-state index is 13.9. The molecule has 2 aliphatic heterocycles. The summed E-state index contributed by atoms with van der Waals surface area (Å²) < 4.78 is 48.5. The van der Waals surface area contributed by atoms with Gasteiger partial charge in [0.1, 0.15) is 32.7 Å². The first kappa shape index (κ1) is 61.0. The number of aldehydes is 1. The van der Waals surface area contributed by atoms with Crippen LogP contribution in [0.15, 0.2) is 59.4 Å². The van der Waals surface area contributed by atoms with Gasteiger partial charge in [-0.3, -0.25) is 14.4 Å². The van der Waals surface area contributed by atoms with Crippen LogP contribution in [-0.4, -0.2) is 105 Å². The maximum Gasteiger partial charge on any atom is 0.509 e. The van der Waals surface area contributed by atoms with E-state index >= 15 is 0 Å². The van der Waals surface area contributed by atoms with Gasteiger partial charge in [0, 0.05) is 34.8 Å². The molecule has 2 aromatic carbocycles. The van der Waals surface area contributed by atoms with Crippen LogP contribution in [0.2, 0.25) is 0 Å². The number of cyclic esters (lactones) is 1. The highest BCUT2D eigenvalue weighted by molar-refractivity contribution is 7.88. The number of amides is 2. The van der Waals surface area contributed by atoms with Crippen molar-refractivity contribution in [1.82, 2.24) is 19.2 Å². The lowest BCUT2D eigenvalue weighted by Crippen LogP contribution is -2.37. The molecule has 69 heavy (non-hydrogen) atoms. The van der Waals surface area contributed by atoms with Crippen LogP contribution in [0.1, 0.15) is 109 Å². The smallest absolute Gasteiger partial charge is 0.458 e. The average Bonchev–Trinajstić information content (AvgIpc) is 3.70. The molecule has 382 valence electrons. The fourth-order valence-electron chi connectivity index (χ4n) is 6.81. The summed E-state index contributed by atoms with van der Waals surface area (Å²) in [7, 11) is -1.81. The highest BCUT2D eigenvalue weighted by atomic mass is 32.2. The van der Waals surface area contributed by atoms with Crippen LogP contribution >= 0.6 is 0 Å². The Balaban J connectivity index is 0.00000108. The topological polar surface area (TPSA) is 271 Å². The van der Waals surface area contributed by atoms with E-state index in [9.17, 15) is 37.2 Å². The summed E-state index contributed by atoms with van der Waals surface area (Å²) in [6.45, 7) is 18.5. The molecule has 0 fully saturated rings. The summed E-state index contributed by atoms with van der Waals surface area (Å²) in [4.78, 5) is 75.7. The summed E-state index contributed by atoms with van der Waals surface area (Å²) >= 11 is 0. The number of ether oxygens (including phenoxy) is 4. The van der Waals surface area contributed by atoms with Crippen molar-refractivity contribution in [2.45, 2.75) is 113 Å². The third-order valence-electron chi connectivity index (χ3n) is 9.68. The van der Waals surface area contributed by atoms with Gasteiger partial charge in [-0.15, -0.1) is 0 Å². The number of carbonyl (C=O) groups excluding carboxylic acids is 5. The lowest BCUT2D eigenvalue weighted by molar-refractivity contribution is -0.159. The molecule has 0 saturated carbocycles. The largest absolute Gasteiger partial charge is 0.509 e. The molecule has 4 heterocycles. The number of nitrogens with one attached hydrogen (secondary N) is 2. The van der Waals surface area contributed by atoms with Crippen LogP contribution in [0.25, 0.3) is 22.3 Å². The molecule has 2 aliphatic rings. The lowest BCUT2D eigenvalue weighted by atomic mass is 9.97. The number of benzene rings is 2. The lowest BCUT2D eigenvalue weighted by Gasteiger charge is -2.24. The van der Waals surface area contributed by atoms with Crippen molar-refractivity contribution >= 4 is 56.8 Å². The van der Waals surface area contributed by atoms with Crippen molar-refractivity contribution in [3.8, 4) is 11.4 Å². The summed E-state index contributed by atoms with van der Waals surface area (Å²) in [5, 5.41) is 6.34. The molecule has 20 heteroatoms. The van der Waals surface area contributed by atoms with E-state index in [1.54, 1.807) is 41.9 Å². The summed E-state index contributed by atoms with van der Waals surface area (Å²) in [5.74, 6) is -1.62. The number of fused-ring (bicyclic) bond motifs is 5. The number of esters is 1. The molecule has 19 nitrogen and oxygen atoms in total. The van der Waals surface area contributed by atoms with Crippen LogP contribution < -0.4 is 27.7 Å². The number of nitrogens with zero attached hydrogens (tertiary/aromatic N) is 3. The number of aromatic nitrogens is 2. The predicted octanol–water partition coefficient (Wildman–Crippen LogP) is 5.76. The second kappa shape index (κ2) is 31.9. The number of likely N-dealkylation sites (N-methyl/N-ethyl adjacent to an activating group) is 1. The van der Waals surface area contributed by atoms with Crippen molar-refractivity contribution in [3.05, 3.63) is 92.8 Å². The number of unbranched alkanes of at least 4 members (excludes halogenated alkanes) is 1. The van der Waals surface area contributed by atoms with Gasteiger partial charge in [0.05, 0.1) is 41.8 Å². The van der Waals surface area contributed by atoms with Crippen LogP contribution in [0.3, 0.4) is 0 Å². The zero-order chi connectivity index (χ0) is 52.3. The minimum atomic E-state index is -3.47. The first-order valence-electron chi connectivity index (χ1n) is 23.2. The number of primary amides is 1. The first-order chi connectivity index (χ1) is 33.0. The third kappa shape index (κ3) is 18.4. The molecular formula is C49H73N7O12S. The summed E-state index contributed by atoms with van der Waals surface area (Å²) in [6, 6.07) is 15.5. The molecule has 6 N–H and O–H groups in total. The maximum atomic E-state index is 13.9. The second-order valence-corrected chi connectivity index (χ2v) is 16.7. The highest BCUT2D eigenvalue weighted by Gasteiger charge is 2.38. The monoisotopic (exact) mass is 984 g/mol. The number of nitrogens with two attached hydrogens (primary N) is 2. The molecule has 0 aliphatic carbocycles. The molecule has 0 saturated heterocycles. The van der Waals surface area contributed by atoms with Crippen molar-refractivity contribution in [3.63, 3.8) is 0 Å². The SMILES string of the molecule is CC.CC.CC.CCCCN.CNCC(=O)Nc1ccc(COC(=O)OC2C(=O)OCc3c2cc2n(c3=O)Cc3c-2nc2ccccc2c3CCN(C(C)C)S(C)(=O)=O)cc1.NC(=O)COCC=O. The Labute approximate surface area is 406 Å². The average molecular weight is 984 g/mol. The zero-order valence-electron chi connectivity index (χ0n) is 42.0. The normalized spacial score (nSPS) is 12.7. The minimum absolute atomic E-state index is 0.0665. The Bertz CT molecular complexity index is 2440. The Morgan fingerprint density at radius 1 is 1.01 bits per heavy atom. The van der Waals surface area contributed by atoms with Crippen molar-refractivity contribution < 1.29 is 51.3 Å². The van der Waals surface area contributed by atoms with Gasteiger partial charge in [-0.2, -0.15) is 4.31 Å². The Kier molecular flexibility index (Phi) is 28.2. The number of hydrogen-bond donors (Lipinski definition) is 4. The minimum Gasteiger partial charge on any atom is -0.458 e. The molecule has 0 radical (unpaired) electrons. The highest BCUT2D eigenvalue weighted by Crippen LogP contribution is 2.39. The summed E-state index contributed by atoms with van der Waals surface area (Å²) in [5.41, 5.74) is 14.2. The molecular weight excluding hydrogens is 911 g/mol. The van der Waals surface area contributed by atoms with E-state index in [1.807, 2.05) is 79.7 Å². The summed E-state index contributed by atoms with van der Waals surface area (Å²) in [6.07, 6.45) is 1.82. The molecule has 1 atom stereocenters. The number of sulfonamides is 1. The number of anilines is 1. The third-order valence-corrected chi connectivity index (χ3v) is 11.1. The van der Waals surface area contributed by atoms with Gasteiger partial charge in [-0.1, -0.05) is 85.2 Å². The van der Waals surface area contributed by atoms with E-state index in [-0.39, 0.29) is 69.1 Å². The van der Waals surface area contributed by atoms with Gasteiger partial charge in [-0.05, 0) is 75.7 Å². The fraction of sp³-hybridized carbons (Fsp3) is 0.490. The van der Waals surface area contributed by atoms with Crippen LogP contribution in [-0.2, 0) is 74.3 Å². The Morgan fingerprint density at radius 3 is 2.22 bits per heavy atom. The number of pyridine rings is 2. The molecule has 2 amide bonds. The molecule has 2 aromatic heterocycles. The van der Waals surface area contributed by atoms with Gasteiger partial charge < -0.3 is 50.4 Å². The van der Waals surface area contributed by atoms with Crippen LogP contribution in [0, 0.1) is 0 Å². The van der Waals surface area contributed by atoms with Gasteiger partial charge in [-0.25, -0.2) is 23.0 Å². The number of hydrogen-bond acceptors (Lipinski definition) is 15. The Hall–Kier alpha value is -6.06. The van der Waals surface area contributed by atoms with E-state index in [1.165, 1.54) is 23.4 Å². The fourth-order valence-corrected chi connectivity index (χ4v) is 8.00. The van der Waals surface area contributed by atoms with Gasteiger partial charge in [0.2, 0.25) is 27.9 Å². The molecule has 6 rings (SSSR count). The van der Waals surface area contributed by atoms with E-state index in [0.29, 0.717) is 40.9 Å². The number of para-hydroxylation sites is 1. The first-order valence-corrected chi connectivity index (χ1v) is 25.1. The van der Waals surface area contributed by atoms with Crippen molar-refractivity contribution in [1.29, 1.82) is 0 Å². The van der Waals surface area contributed by atoms with E-state index in [2.05, 4.69) is 28.0 Å². The molecule has 4 aromatic rings. The standard InChI is InChI=1S/C35H37N5O9S.C4H7NO3.C4H11N.3C2H6/c1-20(2)40(50(4,45)46)14-13-23-24-7-5-6-8-28(24)38-31-26(23)17-39-29(31)15-25-27(33(39)42)19-47-34(43)32(25)49-35(44)48-18-21-9-11-22(12-10-21)37-30(41)16-36-3;5-4(7)3-8-2-1-6;1-2-3-4-5;3*1-2/h5-12,15,20,32,36H,13-14,16-19H2,1-4H3,(H,37,41);1H,2-3H2,(H2,5,7);2-5H2,1H3;3*1-2H3. The van der Waals surface area contributed by atoms with Crippen LogP contribution in [0.5, 0.6) is 0 Å². The predicted molar refractivity (Wildman–Crippen MR) is 268 cm³/mol. The van der Waals surface area contributed by atoms with E-state index < -0.39 is 39.7 Å². The van der Waals surface area contributed by atoms with E-state index in [4.69, 9.17) is 24.9 Å². The number of rotatable bonds is 17. The van der Waals surface area contributed by atoms with Gasteiger partial charge in [0.25, 0.3) is 5.56 Å². The van der Waals surface area contributed by atoms with E-state index in [0.717, 1.165) is 23.1 Å². The zero-order valence-corrected chi connectivity index (χ0v) is 42.8. The quantitative estimate of drug-likeness (QED) is 0.0490. The Morgan fingerprint density at radius 2 is 1.67 bits per heavy atom. The molecule has 0 bridgehead atoms. The van der Waals surface area contributed by atoms with Crippen LogP contribution in [0.4, 0.5) is 10.5 Å². The molecule has 1 unspecified atom stereocenters. The van der Waals surface area contributed by atoms with Crippen molar-refractivity contribution in [2.75, 3.05) is 51.5 Å². The van der Waals surface area contributed by atoms with Gasteiger partial charge in [0.15, 0.2) is 0 Å². The van der Waals surface area contributed by atoms with Gasteiger partial charge >= 0.3 is 12.1 Å².